The van der Waals surface area contributed by atoms with E-state index in [0.29, 0.717) is 11.9 Å². The predicted molar refractivity (Wildman–Crippen MR) is 72.3 cm³/mol. The van der Waals surface area contributed by atoms with Crippen molar-refractivity contribution >= 4 is 17.7 Å². The lowest BCUT2D eigenvalue weighted by Crippen LogP contribution is -2.41. The van der Waals surface area contributed by atoms with Crippen LogP contribution in [-0.4, -0.2) is 22.6 Å². The molecule has 1 aromatic rings. The summed E-state index contributed by atoms with van der Waals surface area (Å²) in [5, 5.41) is 0. The Morgan fingerprint density at radius 2 is 2.11 bits per heavy atom. The van der Waals surface area contributed by atoms with E-state index in [9.17, 15) is 4.79 Å². The van der Waals surface area contributed by atoms with Gasteiger partial charge in [-0.15, -0.1) is 11.8 Å². The SMILES string of the molecule is CC1CSc2ccccc2CN1C(=O)C12CC1C2. The molecule has 94 valence electrons. The maximum absolute atomic E-state index is 12.6. The van der Waals surface area contributed by atoms with Gasteiger partial charge in [-0.1, -0.05) is 18.2 Å². The van der Waals surface area contributed by atoms with Crippen molar-refractivity contribution in [2.75, 3.05) is 5.75 Å². The smallest absolute Gasteiger partial charge is 0.229 e. The minimum absolute atomic E-state index is 0.109. The molecule has 0 spiro atoms. The van der Waals surface area contributed by atoms with Crippen LogP contribution in [-0.2, 0) is 11.3 Å². The molecule has 1 aliphatic heterocycles. The molecule has 1 atom stereocenters. The number of hydrogen-bond acceptors (Lipinski definition) is 2. The van der Waals surface area contributed by atoms with Gasteiger partial charge in [0.15, 0.2) is 0 Å². The standard InChI is InChI=1S/C15H17NOS/c1-10-9-18-13-5-3-2-4-11(13)8-16(10)14(17)15-6-12(15)7-15/h2-5,10,12H,6-9H2,1H3. The van der Waals surface area contributed by atoms with E-state index in [-0.39, 0.29) is 5.41 Å². The summed E-state index contributed by atoms with van der Waals surface area (Å²) >= 11 is 1.89. The van der Waals surface area contributed by atoms with Gasteiger partial charge in [-0.2, -0.15) is 0 Å². The Kier molecular flexibility index (Phi) is 2.14. The molecule has 1 heterocycles. The summed E-state index contributed by atoms with van der Waals surface area (Å²) in [5.74, 6) is 2.18. The number of hydrogen-bond donors (Lipinski definition) is 0. The number of thioether (sulfide) groups is 1. The van der Waals surface area contributed by atoms with Gasteiger partial charge in [0.05, 0.1) is 5.41 Å². The molecule has 0 bridgehead atoms. The Bertz CT molecular complexity index is 521. The summed E-state index contributed by atoms with van der Waals surface area (Å²) in [7, 11) is 0. The van der Waals surface area contributed by atoms with Crippen molar-refractivity contribution in [3.8, 4) is 0 Å². The number of amides is 1. The Labute approximate surface area is 112 Å². The molecule has 4 rings (SSSR count). The second-order valence-corrected chi connectivity index (χ2v) is 7.02. The lowest BCUT2D eigenvalue weighted by Gasteiger charge is -2.28. The minimum atomic E-state index is 0.109. The van der Waals surface area contributed by atoms with Crippen LogP contribution in [0.15, 0.2) is 29.2 Å². The Morgan fingerprint density at radius 3 is 2.83 bits per heavy atom. The fourth-order valence-electron chi connectivity index (χ4n) is 3.02. The van der Waals surface area contributed by atoms with Gasteiger partial charge in [-0.05, 0) is 37.3 Å². The lowest BCUT2D eigenvalue weighted by atomic mass is 10.1. The number of nitrogens with zero attached hydrogens (tertiary/aromatic N) is 1. The quantitative estimate of drug-likeness (QED) is 0.773. The molecule has 2 saturated carbocycles. The highest BCUT2D eigenvalue weighted by Crippen LogP contribution is 2.76. The van der Waals surface area contributed by atoms with Crippen molar-refractivity contribution in [3.05, 3.63) is 29.8 Å². The average molecular weight is 259 g/mol. The molecule has 0 N–H and O–H groups in total. The van der Waals surface area contributed by atoms with Crippen molar-refractivity contribution in [1.29, 1.82) is 0 Å². The number of rotatable bonds is 1. The number of benzene rings is 1. The summed E-state index contributed by atoms with van der Waals surface area (Å²) in [6, 6.07) is 8.86. The van der Waals surface area contributed by atoms with E-state index in [0.717, 1.165) is 31.1 Å². The fourth-order valence-corrected chi connectivity index (χ4v) is 4.12. The van der Waals surface area contributed by atoms with E-state index in [4.69, 9.17) is 0 Å². The Balaban J connectivity index is 1.64. The monoisotopic (exact) mass is 259 g/mol. The van der Waals surface area contributed by atoms with E-state index in [2.05, 4.69) is 36.1 Å². The van der Waals surface area contributed by atoms with Crippen LogP contribution < -0.4 is 0 Å². The molecule has 1 aromatic carbocycles. The second-order valence-electron chi connectivity index (χ2n) is 5.96. The zero-order chi connectivity index (χ0) is 12.3. The van der Waals surface area contributed by atoms with Crippen LogP contribution in [0.1, 0.15) is 25.3 Å². The van der Waals surface area contributed by atoms with E-state index in [1.807, 2.05) is 11.8 Å². The highest BCUT2D eigenvalue weighted by Gasteiger charge is 2.75. The molecular formula is C15H17NOS. The first-order chi connectivity index (χ1) is 8.71. The predicted octanol–water partition coefficient (Wildman–Crippen LogP) is 2.92. The van der Waals surface area contributed by atoms with Crippen LogP contribution in [0.25, 0.3) is 0 Å². The van der Waals surface area contributed by atoms with Gasteiger partial charge in [0.1, 0.15) is 0 Å². The Hall–Kier alpha value is -0.960. The van der Waals surface area contributed by atoms with Crippen molar-refractivity contribution in [2.45, 2.75) is 37.2 Å². The number of fused-ring (bicyclic) bond motifs is 2. The van der Waals surface area contributed by atoms with Crippen molar-refractivity contribution in [3.63, 3.8) is 0 Å². The molecule has 0 aromatic heterocycles. The summed E-state index contributed by atoms with van der Waals surface area (Å²) < 4.78 is 0. The van der Waals surface area contributed by atoms with Crippen LogP contribution in [0, 0.1) is 11.3 Å². The first kappa shape index (κ1) is 10.9. The van der Waals surface area contributed by atoms with Gasteiger partial charge in [0, 0.05) is 23.2 Å². The molecule has 1 unspecified atom stereocenters. The molecule has 1 amide bonds. The highest BCUT2D eigenvalue weighted by atomic mass is 32.2. The molecule has 18 heavy (non-hydrogen) atoms. The number of carbonyl (C=O) groups is 1. The Morgan fingerprint density at radius 1 is 1.39 bits per heavy atom. The molecular weight excluding hydrogens is 242 g/mol. The van der Waals surface area contributed by atoms with Gasteiger partial charge in [-0.25, -0.2) is 0 Å². The number of carbonyl (C=O) groups excluding carboxylic acids is 1. The van der Waals surface area contributed by atoms with Crippen LogP contribution in [0.5, 0.6) is 0 Å². The summed E-state index contributed by atoms with van der Waals surface area (Å²) in [5.41, 5.74) is 1.42. The third kappa shape index (κ3) is 1.46. The normalized spacial score (nSPS) is 36.4. The van der Waals surface area contributed by atoms with Crippen LogP contribution in [0.4, 0.5) is 0 Å². The molecule has 2 fully saturated rings. The van der Waals surface area contributed by atoms with Crippen molar-refractivity contribution in [2.24, 2.45) is 11.3 Å². The van der Waals surface area contributed by atoms with Gasteiger partial charge in [-0.3, -0.25) is 4.79 Å². The topological polar surface area (TPSA) is 20.3 Å². The van der Waals surface area contributed by atoms with Gasteiger partial charge in [0.25, 0.3) is 0 Å². The van der Waals surface area contributed by atoms with Gasteiger partial charge >= 0.3 is 0 Å². The van der Waals surface area contributed by atoms with Crippen LogP contribution in [0.3, 0.4) is 0 Å². The van der Waals surface area contributed by atoms with Crippen LogP contribution in [0.2, 0.25) is 0 Å². The van der Waals surface area contributed by atoms with Crippen molar-refractivity contribution in [1.82, 2.24) is 4.90 Å². The minimum Gasteiger partial charge on any atom is -0.334 e. The highest BCUT2D eigenvalue weighted by molar-refractivity contribution is 7.99. The molecule has 0 saturated heterocycles. The average Bonchev–Trinajstić information content (AvgIpc) is 3.20. The van der Waals surface area contributed by atoms with Gasteiger partial charge < -0.3 is 4.90 Å². The maximum atomic E-state index is 12.6. The fraction of sp³-hybridized carbons (Fsp3) is 0.533. The van der Waals surface area contributed by atoms with E-state index in [1.165, 1.54) is 10.5 Å². The summed E-state index contributed by atoms with van der Waals surface area (Å²) in [6.07, 6.45) is 2.31. The lowest BCUT2D eigenvalue weighted by molar-refractivity contribution is -0.137. The molecule has 2 aliphatic carbocycles. The van der Waals surface area contributed by atoms with Crippen molar-refractivity contribution < 1.29 is 4.79 Å². The summed E-state index contributed by atoms with van der Waals surface area (Å²) in [4.78, 5) is 16.1. The first-order valence-electron chi connectivity index (χ1n) is 6.72. The molecule has 3 heteroatoms. The molecule has 0 radical (unpaired) electrons. The van der Waals surface area contributed by atoms with E-state index in [1.54, 1.807) is 0 Å². The second kappa shape index (κ2) is 3.53. The molecule has 3 aliphatic rings. The van der Waals surface area contributed by atoms with Gasteiger partial charge in [0.2, 0.25) is 5.91 Å². The zero-order valence-electron chi connectivity index (χ0n) is 10.6. The van der Waals surface area contributed by atoms with E-state index < -0.39 is 0 Å². The molecule has 2 nitrogen and oxygen atoms in total. The third-order valence-electron chi connectivity index (χ3n) is 4.69. The summed E-state index contributed by atoms with van der Waals surface area (Å²) in [6.45, 7) is 2.99. The third-order valence-corrected chi connectivity index (χ3v) is 6.05. The first-order valence-corrected chi connectivity index (χ1v) is 7.71. The largest absolute Gasteiger partial charge is 0.334 e. The zero-order valence-corrected chi connectivity index (χ0v) is 11.4. The van der Waals surface area contributed by atoms with E-state index >= 15 is 0 Å². The maximum Gasteiger partial charge on any atom is 0.229 e. The van der Waals surface area contributed by atoms with Crippen LogP contribution >= 0.6 is 11.8 Å².